The molecular weight excluding hydrogens is 347 g/mol. The number of ketones is 1. The average molecular weight is 376 g/mol. The average Bonchev–Trinajstić information content (AvgIpc) is 2.55. The number of Topliss-reactive ketones (excluding diaryl/α,β-unsaturated/α-hetero) is 1. The van der Waals surface area contributed by atoms with Crippen molar-refractivity contribution in [2.45, 2.75) is 73.3 Å². The van der Waals surface area contributed by atoms with Crippen LogP contribution >= 0.6 is 0 Å². The summed E-state index contributed by atoms with van der Waals surface area (Å²) < 4.78 is 9.31. The van der Waals surface area contributed by atoms with Crippen LogP contribution in [-0.4, -0.2) is 53.0 Å². The predicted molar refractivity (Wildman–Crippen MR) is 89.1 cm³/mol. The molecule has 1 unspecified atom stereocenters. The number of carboxylic acid groups (broad SMARTS) is 2. The number of hydrogen-bond donors (Lipinski definition) is 0. The smallest absolute Gasteiger partial charge is 0.313 e. The summed E-state index contributed by atoms with van der Waals surface area (Å²) in [4.78, 5) is 39.2. The van der Waals surface area contributed by atoms with E-state index < -0.39 is 17.9 Å². The van der Waals surface area contributed by atoms with E-state index in [1.54, 1.807) is 6.92 Å². The van der Waals surface area contributed by atoms with Crippen LogP contribution in [0, 0.1) is 0 Å². The second-order valence-corrected chi connectivity index (χ2v) is 4.76. The molecule has 1 atom stereocenters. The van der Waals surface area contributed by atoms with Crippen molar-refractivity contribution in [1.29, 1.82) is 0 Å². The van der Waals surface area contributed by atoms with Crippen molar-refractivity contribution < 1.29 is 37.9 Å². The molecule has 0 amide bonds. The summed E-state index contributed by atoms with van der Waals surface area (Å²) in [5.74, 6) is -2.59. The molecule has 9 heteroatoms. The van der Waals surface area contributed by atoms with Gasteiger partial charge in [-0.3, -0.25) is 9.59 Å². The van der Waals surface area contributed by atoms with Crippen molar-refractivity contribution in [2.24, 2.45) is 0 Å². The van der Waals surface area contributed by atoms with Gasteiger partial charge in [0.15, 0.2) is 0 Å². The number of carboxylic acids is 2. The Bertz CT molecular complexity index is 340. The maximum Gasteiger partial charge on any atom is 0.313 e. The number of hydrogen-bond acceptors (Lipinski definition) is 8. The SMILES string of the molecule is CCC(=O)[O-].CCC(=O)[O-].CCC(C)[O][Al+2].CCOC(=O)CC(C)=O. The summed E-state index contributed by atoms with van der Waals surface area (Å²) in [6, 6.07) is 0. The fourth-order valence-corrected chi connectivity index (χ4v) is 0.704. The van der Waals surface area contributed by atoms with Crippen molar-refractivity contribution >= 4 is 40.3 Å². The van der Waals surface area contributed by atoms with E-state index in [0.717, 1.165) is 6.42 Å². The van der Waals surface area contributed by atoms with Crippen LogP contribution in [0.1, 0.15) is 67.2 Å². The topological polar surface area (TPSA) is 133 Å². The number of carbonyl (C=O) groups is 4. The van der Waals surface area contributed by atoms with Gasteiger partial charge >= 0.3 is 52.8 Å². The van der Waals surface area contributed by atoms with E-state index in [4.69, 9.17) is 3.79 Å². The van der Waals surface area contributed by atoms with E-state index in [-0.39, 0.29) is 25.0 Å². The summed E-state index contributed by atoms with van der Waals surface area (Å²) in [6.45, 7) is 10.6. The van der Waals surface area contributed by atoms with Crippen LogP contribution in [0.5, 0.6) is 0 Å². The van der Waals surface area contributed by atoms with Gasteiger partial charge in [0.2, 0.25) is 0 Å². The van der Waals surface area contributed by atoms with E-state index in [0.29, 0.717) is 12.7 Å². The van der Waals surface area contributed by atoms with Crippen LogP contribution in [0.4, 0.5) is 0 Å². The molecular formula is C16H29AlO8. The van der Waals surface area contributed by atoms with Crippen LogP contribution in [0.25, 0.3) is 0 Å². The molecule has 0 aliphatic rings. The van der Waals surface area contributed by atoms with Crippen LogP contribution in [0.3, 0.4) is 0 Å². The largest absolute Gasteiger partial charge is 0.466 e. The summed E-state index contributed by atoms with van der Waals surface area (Å²) in [5, 5.41) is 18.5. The molecule has 8 nitrogen and oxygen atoms in total. The Balaban J connectivity index is -0.000000122. The van der Waals surface area contributed by atoms with E-state index in [1.165, 1.54) is 20.8 Å². The van der Waals surface area contributed by atoms with Gasteiger partial charge in [0, 0.05) is 11.9 Å². The number of rotatable bonds is 7. The Hall–Kier alpha value is -1.43. The second-order valence-electron chi connectivity index (χ2n) is 4.49. The number of esters is 1. The van der Waals surface area contributed by atoms with Gasteiger partial charge in [0.05, 0.1) is 6.61 Å². The third-order valence-electron chi connectivity index (χ3n) is 2.08. The van der Waals surface area contributed by atoms with Crippen LogP contribution in [0.2, 0.25) is 0 Å². The van der Waals surface area contributed by atoms with Crippen LogP contribution in [-0.2, 0) is 27.7 Å². The first kappa shape index (κ1) is 31.4. The van der Waals surface area contributed by atoms with Gasteiger partial charge in [-0.05, 0) is 26.7 Å². The Morgan fingerprint density at radius 3 is 1.44 bits per heavy atom. The zero-order valence-corrected chi connectivity index (χ0v) is 17.1. The molecule has 0 aliphatic carbocycles. The first-order valence-corrected chi connectivity index (χ1v) is 8.39. The van der Waals surface area contributed by atoms with Crippen molar-refractivity contribution in [3.63, 3.8) is 0 Å². The fraction of sp³-hybridized carbons (Fsp3) is 0.750. The normalized spacial score (nSPS) is 9.60. The minimum absolute atomic E-state index is 0.103. The zero-order valence-electron chi connectivity index (χ0n) is 16.0. The van der Waals surface area contributed by atoms with Crippen molar-refractivity contribution in [2.75, 3.05) is 6.61 Å². The summed E-state index contributed by atoms with van der Waals surface area (Å²) in [6.07, 6.45) is 1.60. The third-order valence-corrected chi connectivity index (χ3v) is 2.55. The molecule has 0 rings (SSSR count). The summed E-state index contributed by atoms with van der Waals surface area (Å²) >= 11 is 2.24. The van der Waals surface area contributed by atoms with Gasteiger partial charge in [0.25, 0.3) is 0 Å². The molecule has 0 aromatic rings. The van der Waals surface area contributed by atoms with Crippen LogP contribution < -0.4 is 10.2 Å². The fourth-order valence-electron chi connectivity index (χ4n) is 0.512. The molecule has 0 radical (unpaired) electrons. The second kappa shape index (κ2) is 24.8. The van der Waals surface area contributed by atoms with Gasteiger partial charge in [-0.25, -0.2) is 0 Å². The first-order valence-electron chi connectivity index (χ1n) is 7.92. The molecule has 0 N–H and O–H groups in total. The van der Waals surface area contributed by atoms with Gasteiger partial charge < -0.3 is 24.5 Å². The van der Waals surface area contributed by atoms with Crippen LogP contribution in [0.15, 0.2) is 0 Å². The summed E-state index contributed by atoms with van der Waals surface area (Å²) in [7, 11) is 0. The first-order chi connectivity index (χ1) is 11.5. The van der Waals surface area contributed by atoms with E-state index in [1.807, 2.05) is 6.92 Å². The number of ether oxygens (including phenoxy) is 1. The van der Waals surface area contributed by atoms with Gasteiger partial charge in [-0.2, -0.15) is 0 Å². The predicted octanol–water partition coefficient (Wildman–Crippen LogP) is -0.294. The maximum atomic E-state index is 10.4. The molecule has 0 aromatic carbocycles. The quantitative estimate of drug-likeness (QED) is 0.336. The summed E-state index contributed by atoms with van der Waals surface area (Å²) in [5.41, 5.74) is 0. The molecule has 0 bridgehead atoms. The molecule has 25 heavy (non-hydrogen) atoms. The monoisotopic (exact) mass is 376 g/mol. The maximum absolute atomic E-state index is 10.4. The Kier molecular flexibility index (Phi) is 31.1. The number of carbonyl (C=O) groups excluding carboxylic acids is 4. The molecule has 0 aliphatic heterocycles. The molecule has 0 heterocycles. The molecule has 0 saturated heterocycles. The van der Waals surface area contributed by atoms with E-state index in [2.05, 4.69) is 28.3 Å². The Morgan fingerprint density at radius 1 is 0.960 bits per heavy atom. The Morgan fingerprint density at radius 2 is 1.32 bits per heavy atom. The standard InChI is InChI=1S/C6H10O3.C4H9O.2C3H6O2.Al/c1-3-9-6(8)4-5(2)7;1-3-4(2)5;2*1-2-3(4)5;/h3-4H2,1-2H3;4H,3H2,1-2H3;2*2H2,1H3,(H,4,5);/q;-1;;;+3/p-2. The van der Waals surface area contributed by atoms with Gasteiger partial charge in [0.1, 0.15) is 12.2 Å². The van der Waals surface area contributed by atoms with Gasteiger partial charge in [-0.15, -0.1) is 0 Å². The molecule has 0 spiro atoms. The van der Waals surface area contributed by atoms with Gasteiger partial charge in [-0.1, -0.05) is 13.8 Å². The molecule has 0 fully saturated rings. The Labute approximate surface area is 158 Å². The van der Waals surface area contributed by atoms with Crippen molar-refractivity contribution in [3.05, 3.63) is 0 Å². The van der Waals surface area contributed by atoms with E-state index in [9.17, 15) is 29.4 Å². The third kappa shape index (κ3) is 51.9. The zero-order chi connectivity index (χ0) is 20.8. The van der Waals surface area contributed by atoms with Crippen molar-refractivity contribution in [1.82, 2.24) is 0 Å². The number of aliphatic carboxylic acids is 2. The molecule has 0 aromatic heterocycles. The minimum Gasteiger partial charge on any atom is -0.466 e. The molecule has 0 saturated carbocycles. The van der Waals surface area contributed by atoms with E-state index >= 15 is 0 Å². The molecule has 144 valence electrons. The minimum atomic E-state index is -0.995. The van der Waals surface area contributed by atoms with Crippen molar-refractivity contribution in [3.8, 4) is 0 Å².